The fraction of sp³-hybridized carbons (Fsp3) is 0.467. The zero-order valence-electron chi connectivity index (χ0n) is 11.9. The number of aliphatic carboxylic acids is 1. The fourth-order valence-electron chi connectivity index (χ4n) is 1.84. The Morgan fingerprint density at radius 3 is 2.32 bits per heavy atom. The van der Waals surface area contributed by atoms with Crippen molar-refractivity contribution >= 4 is 11.9 Å². The Labute approximate surface area is 113 Å². The molecule has 0 bridgehead atoms. The Hall–Kier alpha value is -1.84. The van der Waals surface area contributed by atoms with Crippen LogP contribution in [0.5, 0.6) is 0 Å². The van der Waals surface area contributed by atoms with E-state index in [0.29, 0.717) is 0 Å². The number of rotatable bonds is 5. The lowest BCUT2D eigenvalue weighted by Gasteiger charge is -2.18. The molecule has 2 N–H and O–H groups in total. The zero-order chi connectivity index (χ0) is 14.6. The third-order valence-electron chi connectivity index (χ3n) is 3.19. The van der Waals surface area contributed by atoms with E-state index in [1.807, 2.05) is 32.0 Å². The highest BCUT2D eigenvalue weighted by molar-refractivity contribution is 5.85. The highest BCUT2D eigenvalue weighted by Crippen LogP contribution is 2.10. The minimum atomic E-state index is -0.997. The minimum Gasteiger partial charge on any atom is -0.480 e. The third-order valence-corrected chi connectivity index (χ3v) is 3.19. The SMILES string of the molecule is Cc1ccc(CC(=O)NC(C(=O)O)C(C)C)cc1C. The van der Waals surface area contributed by atoms with Gasteiger partial charge >= 0.3 is 5.97 Å². The van der Waals surface area contributed by atoms with Crippen LogP contribution < -0.4 is 5.32 Å². The lowest BCUT2D eigenvalue weighted by atomic mass is 10.0. The van der Waals surface area contributed by atoms with E-state index in [-0.39, 0.29) is 18.2 Å². The number of nitrogens with one attached hydrogen (secondary N) is 1. The summed E-state index contributed by atoms with van der Waals surface area (Å²) in [6, 6.07) is 4.99. The second kappa shape index (κ2) is 6.36. The van der Waals surface area contributed by atoms with Crippen molar-refractivity contribution in [1.82, 2.24) is 5.32 Å². The molecule has 0 aliphatic carbocycles. The summed E-state index contributed by atoms with van der Waals surface area (Å²) in [6.45, 7) is 7.55. The van der Waals surface area contributed by atoms with Crippen LogP contribution in [0.3, 0.4) is 0 Å². The van der Waals surface area contributed by atoms with E-state index >= 15 is 0 Å². The predicted octanol–water partition coefficient (Wildman–Crippen LogP) is 2.07. The molecule has 1 aromatic rings. The predicted molar refractivity (Wildman–Crippen MR) is 74.0 cm³/mol. The maximum atomic E-state index is 11.9. The Kier molecular flexibility index (Phi) is 5.10. The molecule has 1 rings (SSSR count). The molecule has 1 unspecified atom stereocenters. The van der Waals surface area contributed by atoms with Crippen molar-refractivity contribution in [2.45, 2.75) is 40.2 Å². The number of carbonyl (C=O) groups is 2. The smallest absolute Gasteiger partial charge is 0.326 e. The maximum absolute atomic E-state index is 11.9. The molecule has 4 nitrogen and oxygen atoms in total. The number of amides is 1. The summed E-state index contributed by atoms with van der Waals surface area (Å²) in [7, 11) is 0. The van der Waals surface area contributed by atoms with Crippen LogP contribution in [-0.2, 0) is 16.0 Å². The molecule has 0 radical (unpaired) electrons. The first-order valence-electron chi connectivity index (χ1n) is 6.39. The summed E-state index contributed by atoms with van der Waals surface area (Å²) in [4.78, 5) is 22.9. The first-order valence-corrected chi connectivity index (χ1v) is 6.39. The van der Waals surface area contributed by atoms with E-state index in [4.69, 9.17) is 5.11 Å². The molecule has 0 saturated carbocycles. The summed E-state index contributed by atoms with van der Waals surface area (Å²) >= 11 is 0. The van der Waals surface area contributed by atoms with E-state index < -0.39 is 12.0 Å². The first-order chi connectivity index (χ1) is 8.81. The lowest BCUT2D eigenvalue weighted by Crippen LogP contribution is -2.44. The topological polar surface area (TPSA) is 66.4 Å². The molecule has 0 spiro atoms. The number of aryl methyl sites for hydroxylation is 2. The van der Waals surface area contributed by atoms with E-state index in [9.17, 15) is 9.59 Å². The van der Waals surface area contributed by atoms with Gasteiger partial charge in [0.2, 0.25) is 5.91 Å². The van der Waals surface area contributed by atoms with Gasteiger partial charge in [0.15, 0.2) is 0 Å². The van der Waals surface area contributed by atoms with Crippen molar-refractivity contribution in [2.24, 2.45) is 5.92 Å². The quantitative estimate of drug-likeness (QED) is 0.854. The van der Waals surface area contributed by atoms with Crippen LogP contribution in [0.15, 0.2) is 18.2 Å². The number of hydrogen-bond donors (Lipinski definition) is 2. The second-order valence-corrected chi connectivity index (χ2v) is 5.22. The maximum Gasteiger partial charge on any atom is 0.326 e. The largest absolute Gasteiger partial charge is 0.480 e. The average Bonchev–Trinajstić information content (AvgIpc) is 2.30. The lowest BCUT2D eigenvalue weighted by molar-refractivity contribution is -0.143. The van der Waals surface area contributed by atoms with E-state index in [1.165, 1.54) is 5.56 Å². The molecule has 0 aliphatic heterocycles. The van der Waals surface area contributed by atoms with E-state index in [1.54, 1.807) is 13.8 Å². The Bertz CT molecular complexity index is 480. The van der Waals surface area contributed by atoms with Crippen molar-refractivity contribution in [1.29, 1.82) is 0 Å². The molecule has 0 saturated heterocycles. The van der Waals surface area contributed by atoms with Gasteiger partial charge in [-0.15, -0.1) is 0 Å². The summed E-state index contributed by atoms with van der Waals surface area (Å²) in [6.07, 6.45) is 0.206. The van der Waals surface area contributed by atoms with Crippen LogP contribution in [0, 0.1) is 19.8 Å². The monoisotopic (exact) mass is 263 g/mol. The Morgan fingerprint density at radius 1 is 1.21 bits per heavy atom. The van der Waals surface area contributed by atoms with Gasteiger partial charge in [0.25, 0.3) is 0 Å². The summed E-state index contributed by atoms with van der Waals surface area (Å²) < 4.78 is 0. The number of carboxylic acids is 1. The minimum absolute atomic E-state index is 0.138. The van der Waals surface area contributed by atoms with Gasteiger partial charge in [-0.05, 0) is 36.5 Å². The Balaban J connectivity index is 2.69. The second-order valence-electron chi connectivity index (χ2n) is 5.22. The highest BCUT2D eigenvalue weighted by atomic mass is 16.4. The molecule has 1 amide bonds. The van der Waals surface area contributed by atoms with Gasteiger partial charge in [0.1, 0.15) is 6.04 Å². The van der Waals surface area contributed by atoms with Gasteiger partial charge in [-0.25, -0.2) is 4.79 Å². The molecule has 0 fully saturated rings. The van der Waals surface area contributed by atoms with Crippen LogP contribution >= 0.6 is 0 Å². The van der Waals surface area contributed by atoms with Crippen LogP contribution in [0.4, 0.5) is 0 Å². The molecule has 1 aromatic carbocycles. The van der Waals surface area contributed by atoms with Crippen molar-refractivity contribution in [2.75, 3.05) is 0 Å². The average molecular weight is 263 g/mol. The van der Waals surface area contributed by atoms with Crippen LogP contribution in [-0.4, -0.2) is 23.0 Å². The normalized spacial score (nSPS) is 12.3. The van der Waals surface area contributed by atoms with Crippen molar-refractivity contribution in [3.63, 3.8) is 0 Å². The molecule has 0 heterocycles. The van der Waals surface area contributed by atoms with Gasteiger partial charge < -0.3 is 10.4 Å². The van der Waals surface area contributed by atoms with Crippen LogP contribution in [0.1, 0.15) is 30.5 Å². The van der Waals surface area contributed by atoms with Gasteiger partial charge in [-0.2, -0.15) is 0 Å². The number of carboxylic acid groups (broad SMARTS) is 1. The number of hydrogen-bond acceptors (Lipinski definition) is 2. The molecule has 1 atom stereocenters. The molecular formula is C15H21NO3. The summed E-state index contributed by atoms with van der Waals surface area (Å²) in [5.41, 5.74) is 3.20. The molecule has 0 aliphatic rings. The van der Waals surface area contributed by atoms with Crippen LogP contribution in [0.25, 0.3) is 0 Å². The number of benzene rings is 1. The molecule has 104 valence electrons. The standard InChI is InChI=1S/C15H21NO3/c1-9(2)14(15(18)19)16-13(17)8-12-6-5-10(3)11(4)7-12/h5-7,9,14H,8H2,1-4H3,(H,16,17)(H,18,19). The fourth-order valence-corrected chi connectivity index (χ4v) is 1.84. The Morgan fingerprint density at radius 2 is 1.84 bits per heavy atom. The summed E-state index contributed by atoms with van der Waals surface area (Å²) in [5, 5.41) is 11.6. The van der Waals surface area contributed by atoms with Gasteiger partial charge in [-0.1, -0.05) is 32.0 Å². The van der Waals surface area contributed by atoms with E-state index in [0.717, 1.165) is 11.1 Å². The van der Waals surface area contributed by atoms with Gasteiger partial charge in [0, 0.05) is 0 Å². The molecule has 0 aromatic heterocycles. The molecule has 4 heteroatoms. The highest BCUT2D eigenvalue weighted by Gasteiger charge is 2.23. The van der Waals surface area contributed by atoms with Gasteiger partial charge in [0.05, 0.1) is 6.42 Å². The third kappa shape index (κ3) is 4.39. The zero-order valence-corrected chi connectivity index (χ0v) is 11.9. The molecular weight excluding hydrogens is 242 g/mol. The number of carbonyl (C=O) groups excluding carboxylic acids is 1. The first kappa shape index (κ1) is 15.2. The van der Waals surface area contributed by atoms with Crippen molar-refractivity contribution in [3.8, 4) is 0 Å². The van der Waals surface area contributed by atoms with E-state index in [2.05, 4.69) is 5.32 Å². The van der Waals surface area contributed by atoms with Crippen LogP contribution in [0.2, 0.25) is 0 Å². The summed E-state index contributed by atoms with van der Waals surface area (Å²) in [5.74, 6) is -1.39. The van der Waals surface area contributed by atoms with Gasteiger partial charge in [-0.3, -0.25) is 4.79 Å². The van der Waals surface area contributed by atoms with Crippen molar-refractivity contribution < 1.29 is 14.7 Å². The molecule has 19 heavy (non-hydrogen) atoms. The van der Waals surface area contributed by atoms with Crippen molar-refractivity contribution in [3.05, 3.63) is 34.9 Å².